The minimum absolute atomic E-state index is 0.00247. The van der Waals surface area contributed by atoms with Crippen LogP contribution < -0.4 is 15.8 Å². The van der Waals surface area contributed by atoms with Crippen molar-refractivity contribution in [2.45, 2.75) is 26.8 Å². The second kappa shape index (κ2) is 8.03. The lowest BCUT2D eigenvalue weighted by atomic mass is 10.1. The molecule has 0 spiro atoms. The van der Waals surface area contributed by atoms with Gasteiger partial charge < -0.3 is 10.2 Å². The van der Waals surface area contributed by atoms with E-state index in [0.717, 1.165) is 30.1 Å². The number of aryl methyl sites for hydroxylation is 2. The van der Waals surface area contributed by atoms with E-state index in [1.807, 2.05) is 30.3 Å². The molecule has 0 saturated carbocycles. The molecular weight excluding hydrogens is 336 g/mol. The SMILES string of the molecule is Cc1ccc(-n2c([C@@H](C)[NH2+]CC[NH+](C)C)nc3ccccc3c2=O)cc1C. The third-order valence-electron chi connectivity index (χ3n) is 5.12. The Labute approximate surface area is 160 Å². The van der Waals surface area contributed by atoms with Crippen LogP contribution in [0.25, 0.3) is 16.6 Å². The number of para-hydroxylation sites is 1. The van der Waals surface area contributed by atoms with Crippen LogP contribution in [0.15, 0.2) is 47.3 Å². The summed E-state index contributed by atoms with van der Waals surface area (Å²) in [6.45, 7) is 8.33. The van der Waals surface area contributed by atoms with Crippen LogP contribution in [-0.2, 0) is 0 Å². The van der Waals surface area contributed by atoms with Crippen molar-refractivity contribution in [2.75, 3.05) is 27.2 Å². The molecule has 0 radical (unpaired) electrons. The quantitative estimate of drug-likeness (QED) is 0.677. The summed E-state index contributed by atoms with van der Waals surface area (Å²) in [6, 6.07) is 13.8. The highest BCUT2D eigenvalue weighted by Gasteiger charge is 2.20. The lowest BCUT2D eigenvalue weighted by molar-refractivity contribution is -0.877. The van der Waals surface area contributed by atoms with E-state index in [2.05, 4.69) is 52.3 Å². The van der Waals surface area contributed by atoms with Gasteiger partial charge in [-0.1, -0.05) is 18.2 Å². The standard InChI is InChI=1S/C22H28N4O/c1-15-10-11-18(14-16(15)2)26-21(17(3)23-12-13-25(4)5)24-20-9-7-6-8-19(20)22(26)27/h6-11,14,17,23H,12-13H2,1-5H3/p+2/t17-/m1/s1. The van der Waals surface area contributed by atoms with Crippen LogP contribution in [-0.4, -0.2) is 36.7 Å². The van der Waals surface area contributed by atoms with Crippen LogP contribution in [0.5, 0.6) is 0 Å². The van der Waals surface area contributed by atoms with Gasteiger partial charge in [0.25, 0.3) is 5.56 Å². The van der Waals surface area contributed by atoms with Crippen molar-refractivity contribution in [1.82, 2.24) is 9.55 Å². The smallest absolute Gasteiger partial charge is 0.266 e. The van der Waals surface area contributed by atoms with Crippen molar-refractivity contribution in [1.29, 1.82) is 0 Å². The molecule has 0 amide bonds. The molecule has 2 aromatic carbocycles. The average Bonchev–Trinajstić information content (AvgIpc) is 2.63. The Bertz CT molecular complexity index is 1010. The predicted molar refractivity (Wildman–Crippen MR) is 110 cm³/mol. The zero-order chi connectivity index (χ0) is 19.6. The third-order valence-corrected chi connectivity index (χ3v) is 5.12. The molecule has 27 heavy (non-hydrogen) atoms. The van der Waals surface area contributed by atoms with Gasteiger partial charge in [0.1, 0.15) is 19.1 Å². The molecule has 3 N–H and O–H groups in total. The molecule has 1 heterocycles. The third kappa shape index (κ3) is 4.10. The number of rotatable bonds is 6. The molecule has 3 aromatic rings. The first-order chi connectivity index (χ1) is 12.9. The van der Waals surface area contributed by atoms with Gasteiger partial charge >= 0.3 is 0 Å². The summed E-state index contributed by atoms with van der Waals surface area (Å²) in [6.07, 6.45) is 0. The van der Waals surface area contributed by atoms with Gasteiger partial charge in [-0.05, 0) is 56.2 Å². The van der Waals surface area contributed by atoms with Crippen LogP contribution in [0, 0.1) is 13.8 Å². The summed E-state index contributed by atoms with van der Waals surface area (Å²) in [5, 5.41) is 2.92. The van der Waals surface area contributed by atoms with Crippen molar-refractivity contribution in [3.8, 4) is 5.69 Å². The molecule has 142 valence electrons. The molecule has 1 aromatic heterocycles. The number of benzene rings is 2. The first kappa shape index (κ1) is 19.3. The number of quaternary nitrogens is 2. The largest absolute Gasteiger partial charge is 0.335 e. The second-order valence-electron chi connectivity index (χ2n) is 7.67. The zero-order valence-electron chi connectivity index (χ0n) is 16.9. The lowest BCUT2D eigenvalue weighted by Crippen LogP contribution is -3.09. The molecule has 0 aliphatic carbocycles. The normalized spacial score (nSPS) is 12.7. The van der Waals surface area contributed by atoms with Gasteiger partial charge in [-0.3, -0.25) is 9.36 Å². The van der Waals surface area contributed by atoms with Crippen LogP contribution in [0.2, 0.25) is 0 Å². The fraction of sp³-hybridized carbons (Fsp3) is 0.364. The molecule has 0 fully saturated rings. The number of nitrogens with one attached hydrogen (secondary N) is 1. The Balaban J connectivity index is 2.15. The first-order valence-corrected chi connectivity index (χ1v) is 9.60. The van der Waals surface area contributed by atoms with Gasteiger partial charge in [0, 0.05) is 0 Å². The van der Waals surface area contributed by atoms with Gasteiger partial charge in [0.05, 0.1) is 30.7 Å². The number of likely N-dealkylation sites (N-methyl/N-ethyl adjacent to an activating group) is 1. The lowest BCUT2D eigenvalue weighted by Gasteiger charge is -2.18. The highest BCUT2D eigenvalue weighted by Crippen LogP contribution is 2.18. The second-order valence-corrected chi connectivity index (χ2v) is 7.67. The fourth-order valence-corrected chi connectivity index (χ4v) is 3.30. The molecule has 0 saturated heterocycles. The molecule has 3 rings (SSSR count). The molecule has 0 aliphatic rings. The molecule has 0 aliphatic heterocycles. The zero-order valence-corrected chi connectivity index (χ0v) is 16.9. The van der Waals surface area contributed by atoms with Gasteiger partial charge in [-0.15, -0.1) is 0 Å². The van der Waals surface area contributed by atoms with E-state index in [4.69, 9.17) is 4.98 Å². The van der Waals surface area contributed by atoms with E-state index < -0.39 is 0 Å². The minimum atomic E-state index is -0.00247. The number of aromatic nitrogens is 2. The number of nitrogens with zero attached hydrogens (tertiary/aromatic N) is 2. The monoisotopic (exact) mass is 366 g/mol. The van der Waals surface area contributed by atoms with Crippen molar-refractivity contribution >= 4 is 10.9 Å². The first-order valence-electron chi connectivity index (χ1n) is 9.60. The van der Waals surface area contributed by atoms with E-state index >= 15 is 0 Å². The van der Waals surface area contributed by atoms with Crippen molar-refractivity contribution in [3.63, 3.8) is 0 Å². The van der Waals surface area contributed by atoms with Crippen molar-refractivity contribution in [2.24, 2.45) is 0 Å². The summed E-state index contributed by atoms with van der Waals surface area (Å²) in [4.78, 5) is 19.6. The van der Waals surface area contributed by atoms with E-state index in [1.54, 1.807) is 4.57 Å². The van der Waals surface area contributed by atoms with Crippen LogP contribution in [0.1, 0.15) is 29.9 Å². The number of hydrogen-bond donors (Lipinski definition) is 2. The topological polar surface area (TPSA) is 55.9 Å². The van der Waals surface area contributed by atoms with Crippen LogP contribution in [0.4, 0.5) is 0 Å². The van der Waals surface area contributed by atoms with Gasteiger partial charge in [0.2, 0.25) is 0 Å². The molecule has 5 heteroatoms. The Morgan fingerprint density at radius 1 is 1.11 bits per heavy atom. The fourth-order valence-electron chi connectivity index (χ4n) is 3.30. The highest BCUT2D eigenvalue weighted by molar-refractivity contribution is 5.77. The maximum Gasteiger partial charge on any atom is 0.266 e. The maximum atomic E-state index is 13.3. The molecule has 0 bridgehead atoms. The van der Waals surface area contributed by atoms with Crippen molar-refractivity contribution in [3.05, 3.63) is 69.8 Å². The summed E-state index contributed by atoms with van der Waals surface area (Å²) in [5.74, 6) is 0.802. The Hall–Kier alpha value is -2.50. The molecular formula is C22H30N4O+2. The van der Waals surface area contributed by atoms with E-state index in [0.29, 0.717) is 5.39 Å². The maximum absolute atomic E-state index is 13.3. The predicted octanol–water partition coefficient (Wildman–Crippen LogP) is 0.771. The number of fused-ring (bicyclic) bond motifs is 1. The molecule has 0 unspecified atom stereocenters. The van der Waals surface area contributed by atoms with Gasteiger partial charge in [-0.2, -0.15) is 0 Å². The van der Waals surface area contributed by atoms with E-state index in [9.17, 15) is 4.79 Å². The van der Waals surface area contributed by atoms with Gasteiger partial charge in [-0.25, -0.2) is 4.98 Å². The van der Waals surface area contributed by atoms with Crippen LogP contribution >= 0.6 is 0 Å². The Morgan fingerprint density at radius 2 is 1.85 bits per heavy atom. The summed E-state index contributed by atoms with van der Waals surface area (Å²) >= 11 is 0. The van der Waals surface area contributed by atoms with E-state index in [1.165, 1.54) is 16.0 Å². The highest BCUT2D eigenvalue weighted by atomic mass is 16.1. The summed E-state index contributed by atoms with van der Waals surface area (Å²) in [5.41, 5.74) is 4.03. The van der Waals surface area contributed by atoms with E-state index in [-0.39, 0.29) is 11.6 Å². The van der Waals surface area contributed by atoms with Crippen LogP contribution in [0.3, 0.4) is 0 Å². The summed E-state index contributed by atoms with van der Waals surface area (Å²) in [7, 11) is 4.30. The Morgan fingerprint density at radius 3 is 2.56 bits per heavy atom. The van der Waals surface area contributed by atoms with Gasteiger partial charge in [0.15, 0.2) is 5.82 Å². The number of hydrogen-bond acceptors (Lipinski definition) is 2. The average molecular weight is 367 g/mol. The summed E-state index contributed by atoms with van der Waals surface area (Å²) < 4.78 is 1.79. The minimum Gasteiger partial charge on any atom is -0.335 e. The van der Waals surface area contributed by atoms with Crippen molar-refractivity contribution < 1.29 is 10.2 Å². The number of nitrogens with two attached hydrogens (primary N) is 1. The molecule has 1 atom stereocenters. The Kier molecular flexibility index (Phi) is 5.73. The molecule has 5 nitrogen and oxygen atoms in total.